The summed E-state index contributed by atoms with van der Waals surface area (Å²) in [6, 6.07) is 69.4. The van der Waals surface area contributed by atoms with Gasteiger partial charge in [-0.1, -0.05) is 133 Å². The molecule has 0 amide bonds. The molecule has 14 rings (SSSR count). The highest BCUT2D eigenvalue weighted by Gasteiger charge is 2.62. The Morgan fingerprint density at radius 3 is 1.70 bits per heavy atom. The maximum Gasteiger partial charge on any atom is 0.0541 e. The SMILES string of the molecule is Clc1cc(N(c2ccc(-c3ccccc3)cc2)c2ccc(-c3ccc4c(c3)c3ccccc3n4-c3ccccc3)cc2)cc2c1-c1ccccc1C21C2C[C@H]3C[C@@H](C2)C[C@@H]1C3. The van der Waals surface area contributed by atoms with E-state index in [4.69, 9.17) is 11.6 Å². The average molecular weight is 805 g/mol. The van der Waals surface area contributed by atoms with Crippen molar-refractivity contribution in [2.75, 3.05) is 4.90 Å². The van der Waals surface area contributed by atoms with Gasteiger partial charge in [0.05, 0.1) is 16.1 Å². The van der Waals surface area contributed by atoms with Crippen LogP contribution in [0.25, 0.3) is 60.9 Å². The van der Waals surface area contributed by atoms with Crippen molar-refractivity contribution in [1.82, 2.24) is 4.57 Å². The minimum atomic E-state index is 0.0218. The number of para-hydroxylation sites is 2. The molecule has 5 aliphatic rings. The summed E-state index contributed by atoms with van der Waals surface area (Å²) in [5.74, 6) is 3.08. The van der Waals surface area contributed by atoms with Gasteiger partial charge in [0.1, 0.15) is 0 Å². The smallest absolute Gasteiger partial charge is 0.0541 e. The first-order valence-electron chi connectivity index (χ1n) is 22.2. The fraction of sp³-hybridized carbons (Fsp3) is 0.172. The molecule has 0 unspecified atom stereocenters. The molecule has 294 valence electrons. The summed E-state index contributed by atoms with van der Waals surface area (Å²) in [7, 11) is 0. The van der Waals surface area contributed by atoms with Crippen LogP contribution < -0.4 is 4.90 Å². The van der Waals surface area contributed by atoms with Gasteiger partial charge in [-0.2, -0.15) is 0 Å². The molecule has 1 aromatic heterocycles. The average Bonchev–Trinajstić information content (AvgIpc) is 3.80. The Morgan fingerprint density at radius 2 is 1.00 bits per heavy atom. The van der Waals surface area contributed by atoms with Gasteiger partial charge in [-0.15, -0.1) is 0 Å². The number of anilines is 3. The van der Waals surface area contributed by atoms with Crippen molar-refractivity contribution in [3.63, 3.8) is 0 Å². The van der Waals surface area contributed by atoms with Crippen molar-refractivity contribution in [2.24, 2.45) is 23.7 Å². The molecule has 4 fully saturated rings. The number of benzene rings is 8. The van der Waals surface area contributed by atoms with Crippen molar-refractivity contribution < 1.29 is 0 Å². The number of nitrogens with zero attached hydrogens (tertiary/aromatic N) is 2. The number of halogens is 1. The molecule has 4 bridgehead atoms. The number of rotatable bonds is 6. The molecule has 0 atom stereocenters. The molecule has 3 heteroatoms. The lowest BCUT2D eigenvalue weighted by atomic mass is 9.43. The number of hydrogen-bond donors (Lipinski definition) is 0. The molecular weight excluding hydrogens is 760 g/mol. The molecular formula is C58H45ClN2. The standard InChI is InChI=1S/C58H45ClN2/c59-54-36-48(35-53-57(54)50-16-7-9-17-52(50)58(53)43-30-37-29-38(32-43)33-44(58)31-37)60(46-24-19-40(20-25-46)39-11-3-1-4-12-39)47-26-21-41(22-27-47)42-23-28-56-51(34-42)49-15-8-10-18-55(49)61(56)45-13-5-2-6-14-45/h1-28,34-38,43-44H,29-33H2/t37-,38+,43-,44?,58?. The Bertz CT molecular complexity index is 3120. The summed E-state index contributed by atoms with van der Waals surface area (Å²) in [6.45, 7) is 0. The van der Waals surface area contributed by atoms with E-state index in [1.807, 2.05) is 0 Å². The zero-order valence-electron chi connectivity index (χ0n) is 34.0. The second kappa shape index (κ2) is 13.6. The predicted octanol–water partition coefficient (Wildman–Crippen LogP) is 16.0. The van der Waals surface area contributed by atoms with Crippen LogP contribution in [0.1, 0.15) is 43.2 Å². The molecule has 9 aromatic rings. The second-order valence-electron chi connectivity index (χ2n) is 18.3. The molecule has 0 saturated heterocycles. The Morgan fingerprint density at radius 1 is 0.443 bits per heavy atom. The third-order valence-electron chi connectivity index (χ3n) is 15.2. The van der Waals surface area contributed by atoms with E-state index in [1.54, 1.807) is 0 Å². The van der Waals surface area contributed by atoms with Crippen LogP contribution >= 0.6 is 11.6 Å². The number of aromatic nitrogens is 1. The summed E-state index contributed by atoms with van der Waals surface area (Å²) in [5.41, 5.74) is 17.4. The summed E-state index contributed by atoms with van der Waals surface area (Å²) >= 11 is 7.63. The highest BCUT2D eigenvalue weighted by molar-refractivity contribution is 6.34. The summed E-state index contributed by atoms with van der Waals surface area (Å²) in [6.07, 6.45) is 6.80. The van der Waals surface area contributed by atoms with Crippen LogP contribution in [0.3, 0.4) is 0 Å². The van der Waals surface area contributed by atoms with Gasteiger partial charge in [0, 0.05) is 44.5 Å². The van der Waals surface area contributed by atoms with Crippen molar-refractivity contribution in [2.45, 2.75) is 37.5 Å². The molecule has 1 spiro atoms. The van der Waals surface area contributed by atoms with E-state index in [0.717, 1.165) is 33.9 Å². The molecule has 2 nitrogen and oxygen atoms in total. The Balaban J connectivity index is 0.949. The van der Waals surface area contributed by atoms with Crippen molar-refractivity contribution in [3.8, 4) is 39.1 Å². The van der Waals surface area contributed by atoms with E-state index in [9.17, 15) is 0 Å². The van der Waals surface area contributed by atoms with Crippen molar-refractivity contribution >= 4 is 50.5 Å². The van der Waals surface area contributed by atoms with E-state index >= 15 is 0 Å². The van der Waals surface area contributed by atoms with Gasteiger partial charge < -0.3 is 9.47 Å². The van der Waals surface area contributed by atoms with Crippen molar-refractivity contribution in [3.05, 3.63) is 204 Å². The quantitative estimate of drug-likeness (QED) is 0.163. The second-order valence-corrected chi connectivity index (χ2v) is 18.7. The minimum Gasteiger partial charge on any atom is -0.310 e. The van der Waals surface area contributed by atoms with Crippen LogP contribution in [0.4, 0.5) is 17.1 Å². The molecule has 8 aromatic carbocycles. The van der Waals surface area contributed by atoms with E-state index in [1.165, 1.54) is 104 Å². The zero-order valence-corrected chi connectivity index (χ0v) is 34.8. The largest absolute Gasteiger partial charge is 0.310 e. The third-order valence-corrected chi connectivity index (χ3v) is 15.5. The topological polar surface area (TPSA) is 8.17 Å². The highest BCUT2D eigenvalue weighted by Crippen LogP contribution is 2.70. The molecule has 1 heterocycles. The molecule has 0 aliphatic heterocycles. The molecule has 61 heavy (non-hydrogen) atoms. The fourth-order valence-electron chi connectivity index (χ4n) is 13.0. The van der Waals surface area contributed by atoms with Crippen LogP contribution in [0.15, 0.2) is 188 Å². The lowest BCUT2D eigenvalue weighted by Gasteiger charge is -2.61. The maximum absolute atomic E-state index is 7.63. The summed E-state index contributed by atoms with van der Waals surface area (Å²) in [4.78, 5) is 2.44. The number of fused-ring (bicyclic) bond motifs is 6. The zero-order chi connectivity index (χ0) is 40.2. The molecule has 4 saturated carbocycles. The van der Waals surface area contributed by atoms with Crippen LogP contribution in [0.2, 0.25) is 5.02 Å². The third kappa shape index (κ3) is 5.28. The lowest BCUT2D eigenvalue weighted by molar-refractivity contribution is -0.0399. The maximum atomic E-state index is 7.63. The molecule has 5 aliphatic carbocycles. The first kappa shape index (κ1) is 35.4. The summed E-state index contributed by atoms with van der Waals surface area (Å²) < 4.78 is 2.38. The van der Waals surface area contributed by atoms with Gasteiger partial charge in [-0.3, -0.25) is 0 Å². The van der Waals surface area contributed by atoms with Gasteiger partial charge in [0.2, 0.25) is 0 Å². The Hall–Kier alpha value is -6.35. The first-order chi connectivity index (χ1) is 30.1. The van der Waals surface area contributed by atoms with E-state index in [2.05, 4.69) is 198 Å². The summed E-state index contributed by atoms with van der Waals surface area (Å²) in [5, 5.41) is 3.38. The monoisotopic (exact) mass is 804 g/mol. The van der Waals surface area contributed by atoms with Crippen LogP contribution in [-0.4, -0.2) is 4.57 Å². The minimum absolute atomic E-state index is 0.0218. The normalized spacial score (nSPS) is 21.9. The van der Waals surface area contributed by atoms with Gasteiger partial charge in [0.15, 0.2) is 0 Å². The van der Waals surface area contributed by atoms with Crippen molar-refractivity contribution in [1.29, 1.82) is 0 Å². The lowest BCUT2D eigenvalue weighted by Crippen LogP contribution is -2.55. The van der Waals surface area contributed by atoms with Gasteiger partial charge in [0.25, 0.3) is 0 Å². The van der Waals surface area contributed by atoms with Crippen LogP contribution in [0.5, 0.6) is 0 Å². The predicted molar refractivity (Wildman–Crippen MR) is 255 cm³/mol. The Kier molecular flexibility index (Phi) is 7.88. The fourth-order valence-corrected chi connectivity index (χ4v) is 13.3. The molecule has 0 N–H and O–H groups in total. The van der Waals surface area contributed by atoms with Crippen LogP contribution in [-0.2, 0) is 5.41 Å². The first-order valence-corrected chi connectivity index (χ1v) is 22.6. The van der Waals surface area contributed by atoms with E-state index < -0.39 is 0 Å². The van der Waals surface area contributed by atoms with Gasteiger partial charge in [-0.05, 0) is 161 Å². The van der Waals surface area contributed by atoms with Crippen LogP contribution in [0, 0.1) is 23.7 Å². The van der Waals surface area contributed by atoms with Gasteiger partial charge >= 0.3 is 0 Å². The van der Waals surface area contributed by atoms with E-state index in [0.29, 0.717) is 11.8 Å². The van der Waals surface area contributed by atoms with Gasteiger partial charge in [-0.25, -0.2) is 0 Å². The van der Waals surface area contributed by atoms with E-state index in [-0.39, 0.29) is 5.41 Å². The number of hydrogen-bond acceptors (Lipinski definition) is 1. The Labute approximate surface area is 362 Å². The molecule has 0 radical (unpaired) electrons. The highest BCUT2D eigenvalue weighted by atomic mass is 35.5.